The van der Waals surface area contributed by atoms with Gasteiger partial charge in [0.15, 0.2) is 0 Å². The van der Waals surface area contributed by atoms with Gasteiger partial charge in [-0.3, -0.25) is 4.79 Å². The van der Waals surface area contributed by atoms with Gasteiger partial charge in [0.2, 0.25) is 5.91 Å². The lowest BCUT2D eigenvalue weighted by Gasteiger charge is -2.00. The summed E-state index contributed by atoms with van der Waals surface area (Å²) in [7, 11) is -0.268. The summed E-state index contributed by atoms with van der Waals surface area (Å²) in [5.41, 5.74) is 0. The second-order valence-electron chi connectivity index (χ2n) is 1.89. The summed E-state index contributed by atoms with van der Waals surface area (Å²) in [4.78, 5) is 10.5. The Bertz CT molecular complexity index is 129. The molecule has 0 saturated heterocycles. The van der Waals surface area contributed by atoms with Gasteiger partial charge in [-0.25, -0.2) is 0 Å². The van der Waals surface area contributed by atoms with Gasteiger partial charge in [-0.1, -0.05) is 6.58 Å². The second-order valence-corrected chi connectivity index (χ2v) is 1.89. The number of hydrogen-bond donors (Lipinski definition) is 2. The maximum absolute atomic E-state index is 10.5. The van der Waals surface area contributed by atoms with Crippen LogP contribution in [0, 0.1) is 0 Å². The molecule has 0 atom stereocenters. The van der Waals surface area contributed by atoms with Crippen molar-refractivity contribution in [1.29, 1.82) is 0 Å². The van der Waals surface area contributed by atoms with Crippen LogP contribution in [0.3, 0.4) is 0 Å². The van der Waals surface area contributed by atoms with Crippen LogP contribution in [0.2, 0.25) is 0 Å². The Morgan fingerprint density at radius 1 is 1.82 bits per heavy atom. The Morgan fingerprint density at radius 3 is 3.09 bits per heavy atom. The molecular formula is C6H12BNO3. The van der Waals surface area contributed by atoms with Gasteiger partial charge in [-0.15, -0.1) is 0 Å². The van der Waals surface area contributed by atoms with Crippen LogP contribution < -0.4 is 5.32 Å². The molecular weight excluding hydrogens is 145 g/mol. The van der Waals surface area contributed by atoms with E-state index in [0.717, 1.165) is 0 Å². The third-order valence-electron chi connectivity index (χ3n) is 1.04. The highest BCUT2D eigenvalue weighted by Gasteiger charge is 1.92. The summed E-state index contributed by atoms with van der Waals surface area (Å²) in [6.45, 7) is 4.29. The molecule has 11 heavy (non-hydrogen) atoms. The van der Waals surface area contributed by atoms with Crippen molar-refractivity contribution in [3.8, 4) is 0 Å². The fraction of sp³-hybridized carbons (Fsp3) is 0.500. The van der Waals surface area contributed by atoms with E-state index in [1.54, 1.807) is 0 Å². The van der Waals surface area contributed by atoms with Gasteiger partial charge < -0.3 is 15.0 Å². The van der Waals surface area contributed by atoms with Gasteiger partial charge >= 0.3 is 7.69 Å². The van der Waals surface area contributed by atoms with Gasteiger partial charge in [0, 0.05) is 13.2 Å². The van der Waals surface area contributed by atoms with Crippen molar-refractivity contribution in [2.75, 3.05) is 13.2 Å². The molecule has 0 aliphatic carbocycles. The molecule has 0 saturated carbocycles. The van der Waals surface area contributed by atoms with Crippen molar-refractivity contribution < 1.29 is 14.5 Å². The summed E-state index contributed by atoms with van der Waals surface area (Å²) in [6.07, 6.45) is 1.91. The van der Waals surface area contributed by atoms with Crippen molar-refractivity contribution >= 4 is 13.6 Å². The summed E-state index contributed by atoms with van der Waals surface area (Å²) in [5, 5.41) is 10.8. The lowest BCUT2D eigenvalue weighted by molar-refractivity contribution is -0.116. The van der Waals surface area contributed by atoms with E-state index in [2.05, 4.69) is 16.6 Å². The molecule has 0 bridgehead atoms. The standard InChI is InChI=1S/C6H12BNO3/c1-2-6(9)8-4-3-5-11-7-10/h2,7,10H,1,3-5H2,(H,8,9). The Balaban J connectivity index is 3.01. The first kappa shape index (κ1) is 10.2. The Labute approximate surface area is 66.6 Å². The van der Waals surface area contributed by atoms with E-state index in [4.69, 9.17) is 5.02 Å². The van der Waals surface area contributed by atoms with E-state index >= 15 is 0 Å². The molecule has 5 heteroatoms. The zero-order valence-corrected chi connectivity index (χ0v) is 6.38. The predicted molar refractivity (Wildman–Crippen MR) is 43.1 cm³/mol. The molecule has 0 aliphatic heterocycles. The van der Waals surface area contributed by atoms with Gasteiger partial charge in [-0.2, -0.15) is 0 Å². The van der Waals surface area contributed by atoms with Gasteiger partial charge in [0.1, 0.15) is 0 Å². The van der Waals surface area contributed by atoms with Crippen LogP contribution >= 0.6 is 0 Å². The smallest absolute Gasteiger partial charge is 0.430 e. The van der Waals surface area contributed by atoms with Crippen LogP contribution in [0.1, 0.15) is 6.42 Å². The molecule has 0 aromatic carbocycles. The number of nitrogens with one attached hydrogen (secondary N) is 1. The molecule has 0 radical (unpaired) electrons. The molecule has 0 aromatic rings. The average molecular weight is 157 g/mol. The van der Waals surface area contributed by atoms with Crippen LogP contribution in [-0.2, 0) is 9.45 Å². The van der Waals surface area contributed by atoms with E-state index in [0.29, 0.717) is 19.6 Å². The number of carbonyl (C=O) groups is 1. The molecule has 0 spiro atoms. The molecule has 1 amide bonds. The van der Waals surface area contributed by atoms with Crippen molar-refractivity contribution in [3.05, 3.63) is 12.7 Å². The third kappa shape index (κ3) is 7.09. The minimum Gasteiger partial charge on any atom is -0.430 e. The Hall–Kier alpha value is -0.805. The van der Waals surface area contributed by atoms with Crippen molar-refractivity contribution in [3.63, 3.8) is 0 Å². The topological polar surface area (TPSA) is 58.6 Å². The number of carbonyl (C=O) groups excluding carboxylic acids is 1. The molecule has 4 nitrogen and oxygen atoms in total. The van der Waals surface area contributed by atoms with Crippen molar-refractivity contribution in [2.24, 2.45) is 0 Å². The third-order valence-corrected chi connectivity index (χ3v) is 1.04. The molecule has 0 unspecified atom stereocenters. The molecule has 0 fully saturated rings. The molecule has 0 aromatic heterocycles. The number of amides is 1. The van der Waals surface area contributed by atoms with Gasteiger partial charge in [0.05, 0.1) is 0 Å². The van der Waals surface area contributed by atoms with Crippen molar-refractivity contribution in [1.82, 2.24) is 5.32 Å². The Morgan fingerprint density at radius 2 is 2.55 bits per heavy atom. The highest BCUT2D eigenvalue weighted by Crippen LogP contribution is 1.77. The first-order valence-corrected chi connectivity index (χ1v) is 3.40. The fourth-order valence-electron chi connectivity index (χ4n) is 0.523. The van der Waals surface area contributed by atoms with E-state index in [9.17, 15) is 4.79 Å². The molecule has 0 aliphatic rings. The summed E-state index contributed by atoms with van der Waals surface area (Å²) in [6, 6.07) is 0. The molecule has 2 N–H and O–H groups in total. The second kappa shape index (κ2) is 7.30. The van der Waals surface area contributed by atoms with Crippen LogP contribution in [0.4, 0.5) is 0 Å². The van der Waals surface area contributed by atoms with E-state index in [-0.39, 0.29) is 13.6 Å². The van der Waals surface area contributed by atoms with E-state index < -0.39 is 0 Å². The van der Waals surface area contributed by atoms with E-state index in [1.807, 2.05) is 0 Å². The minimum absolute atomic E-state index is 0.186. The number of hydrogen-bond acceptors (Lipinski definition) is 3. The lowest BCUT2D eigenvalue weighted by Crippen LogP contribution is -2.23. The summed E-state index contributed by atoms with van der Waals surface area (Å²) < 4.78 is 4.63. The van der Waals surface area contributed by atoms with Crippen LogP contribution in [-0.4, -0.2) is 31.8 Å². The zero-order valence-electron chi connectivity index (χ0n) is 6.38. The Kier molecular flexibility index (Phi) is 6.77. The largest absolute Gasteiger partial charge is 0.435 e. The summed E-state index contributed by atoms with van der Waals surface area (Å²) >= 11 is 0. The lowest BCUT2D eigenvalue weighted by atomic mass is 10.4. The first-order valence-electron chi connectivity index (χ1n) is 3.40. The highest BCUT2D eigenvalue weighted by atomic mass is 16.5. The van der Waals surface area contributed by atoms with Crippen LogP contribution in [0.25, 0.3) is 0 Å². The van der Waals surface area contributed by atoms with Gasteiger partial charge in [0.25, 0.3) is 0 Å². The monoisotopic (exact) mass is 157 g/mol. The quantitative estimate of drug-likeness (QED) is 0.294. The fourth-order valence-corrected chi connectivity index (χ4v) is 0.523. The molecule has 0 heterocycles. The SMILES string of the molecule is C=CC(=O)NCCCOBO. The normalized spacial score (nSPS) is 8.82. The number of rotatable bonds is 6. The average Bonchev–Trinajstić information content (AvgIpc) is 2.04. The van der Waals surface area contributed by atoms with E-state index in [1.165, 1.54) is 6.08 Å². The summed E-state index contributed by atoms with van der Waals surface area (Å²) in [5.74, 6) is -0.186. The van der Waals surface area contributed by atoms with Gasteiger partial charge in [-0.05, 0) is 12.5 Å². The zero-order chi connectivity index (χ0) is 8.53. The molecule has 0 rings (SSSR count). The predicted octanol–water partition coefficient (Wildman–Crippen LogP) is -1.05. The van der Waals surface area contributed by atoms with Crippen molar-refractivity contribution in [2.45, 2.75) is 6.42 Å². The maximum atomic E-state index is 10.5. The first-order chi connectivity index (χ1) is 5.31. The van der Waals surface area contributed by atoms with Crippen LogP contribution in [0.5, 0.6) is 0 Å². The maximum Gasteiger partial charge on any atom is 0.435 e. The highest BCUT2D eigenvalue weighted by molar-refractivity contribution is 6.15. The minimum atomic E-state index is -0.268. The van der Waals surface area contributed by atoms with Crippen LogP contribution in [0.15, 0.2) is 12.7 Å². The molecule has 62 valence electrons.